The van der Waals surface area contributed by atoms with Crippen LogP contribution in [0.15, 0.2) is 42.7 Å². The molecule has 1 saturated heterocycles. The van der Waals surface area contributed by atoms with Gasteiger partial charge in [0, 0.05) is 37.9 Å². The van der Waals surface area contributed by atoms with Crippen molar-refractivity contribution < 1.29 is 0 Å². The van der Waals surface area contributed by atoms with Crippen LogP contribution in [-0.4, -0.2) is 36.1 Å². The second-order valence-corrected chi connectivity index (χ2v) is 5.53. The number of hydrogen-bond acceptors (Lipinski definition) is 5. The molecular formula is C17H23N5. The summed E-state index contributed by atoms with van der Waals surface area (Å²) in [5, 5.41) is 6.78. The lowest BCUT2D eigenvalue weighted by Gasteiger charge is -2.16. The Labute approximate surface area is 131 Å². The second-order valence-electron chi connectivity index (χ2n) is 5.53. The molecule has 2 N–H and O–H groups in total. The molecule has 0 amide bonds. The highest BCUT2D eigenvalue weighted by Gasteiger charge is 2.13. The maximum Gasteiger partial charge on any atom is 0.134 e. The summed E-state index contributed by atoms with van der Waals surface area (Å²) in [6, 6.07) is 12.3. The monoisotopic (exact) mass is 297 g/mol. The predicted molar refractivity (Wildman–Crippen MR) is 91.5 cm³/mol. The van der Waals surface area contributed by atoms with Gasteiger partial charge in [0.15, 0.2) is 0 Å². The lowest BCUT2D eigenvalue weighted by Crippen LogP contribution is -2.19. The van der Waals surface area contributed by atoms with Crippen molar-refractivity contribution in [2.75, 3.05) is 41.7 Å². The fourth-order valence-corrected chi connectivity index (χ4v) is 2.66. The van der Waals surface area contributed by atoms with Crippen LogP contribution in [0.1, 0.15) is 19.3 Å². The van der Waals surface area contributed by atoms with E-state index in [4.69, 9.17) is 0 Å². The molecule has 0 aliphatic carbocycles. The molecule has 116 valence electrons. The first-order chi connectivity index (χ1) is 10.9. The molecule has 0 saturated carbocycles. The van der Waals surface area contributed by atoms with E-state index in [1.165, 1.54) is 18.5 Å². The predicted octanol–water partition coefficient (Wildman–Crippen LogP) is 2.99. The number of rotatable bonds is 7. The summed E-state index contributed by atoms with van der Waals surface area (Å²) in [7, 11) is 0. The van der Waals surface area contributed by atoms with Crippen molar-refractivity contribution in [1.82, 2.24) is 9.97 Å². The number of nitrogens with one attached hydrogen (secondary N) is 2. The van der Waals surface area contributed by atoms with Crippen LogP contribution < -0.4 is 15.5 Å². The average Bonchev–Trinajstić information content (AvgIpc) is 3.10. The summed E-state index contributed by atoms with van der Waals surface area (Å²) in [6.45, 7) is 4.06. The SMILES string of the molecule is c1ccc(NCCCNc2cc(N3CCCC3)ncn2)cc1. The fourth-order valence-electron chi connectivity index (χ4n) is 2.66. The number of benzene rings is 1. The molecule has 0 bridgehead atoms. The minimum Gasteiger partial charge on any atom is -0.385 e. The van der Waals surface area contributed by atoms with Gasteiger partial charge >= 0.3 is 0 Å². The summed E-state index contributed by atoms with van der Waals surface area (Å²) in [6.07, 6.45) is 5.21. The molecule has 3 rings (SSSR count). The van der Waals surface area contributed by atoms with Gasteiger partial charge in [0.05, 0.1) is 0 Å². The van der Waals surface area contributed by atoms with Crippen molar-refractivity contribution in [3.8, 4) is 0 Å². The molecular weight excluding hydrogens is 274 g/mol. The lowest BCUT2D eigenvalue weighted by molar-refractivity contribution is 0.894. The van der Waals surface area contributed by atoms with Gasteiger partial charge in [-0.3, -0.25) is 0 Å². The minimum absolute atomic E-state index is 0.899. The third kappa shape index (κ3) is 4.10. The van der Waals surface area contributed by atoms with E-state index in [2.05, 4.69) is 43.7 Å². The van der Waals surface area contributed by atoms with E-state index in [1.54, 1.807) is 6.33 Å². The van der Waals surface area contributed by atoms with Gasteiger partial charge in [0.1, 0.15) is 18.0 Å². The van der Waals surface area contributed by atoms with Crippen LogP contribution in [0.3, 0.4) is 0 Å². The molecule has 0 atom stereocenters. The highest BCUT2D eigenvalue weighted by molar-refractivity contribution is 5.49. The standard InChI is InChI=1S/C17H23N5/c1-2-7-15(8-3-1)18-9-6-10-19-16-13-17(21-14-20-16)22-11-4-5-12-22/h1-3,7-8,13-14,18H,4-6,9-12H2,(H,19,20,21). The maximum atomic E-state index is 4.37. The van der Waals surface area contributed by atoms with E-state index < -0.39 is 0 Å². The van der Waals surface area contributed by atoms with E-state index in [0.717, 1.165) is 44.2 Å². The maximum absolute atomic E-state index is 4.37. The van der Waals surface area contributed by atoms with Gasteiger partial charge in [-0.1, -0.05) is 18.2 Å². The van der Waals surface area contributed by atoms with Gasteiger partial charge in [-0.25, -0.2) is 9.97 Å². The van der Waals surface area contributed by atoms with Crippen LogP contribution in [0.25, 0.3) is 0 Å². The van der Waals surface area contributed by atoms with Crippen molar-refractivity contribution in [1.29, 1.82) is 0 Å². The van der Waals surface area contributed by atoms with Crippen molar-refractivity contribution in [2.24, 2.45) is 0 Å². The van der Waals surface area contributed by atoms with E-state index in [9.17, 15) is 0 Å². The van der Waals surface area contributed by atoms with E-state index in [1.807, 2.05) is 18.2 Å². The molecule has 0 unspecified atom stereocenters. The summed E-state index contributed by atoms with van der Waals surface area (Å²) < 4.78 is 0. The number of aromatic nitrogens is 2. The third-order valence-electron chi connectivity index (χ3n) is 3.85. The van der Waals surface area contributed by atoms with Crippen LogP contribution >= 0.6 is 0 Å². The minimum atomic E-state index is 0.899. The Morgan fingerprint density at radius 1 is 0.955 bits per heavy atom. The molecule has 22 heavy (non-hydrogen) atoms. The van der Waals surface area contributed by atoms with Crippen molar-refractivity contribution in [3.05, 3.63) is 42.7 Å². The van der Waals surface area contributed by atoms with Crippen LogP contribution in [0, 0.1) is 0 Å². The van der Waals surface area contributed by atoms with Crippen LogP contribution in [0.4, 0.5) is 17.3 Å². The topological polar surface area (TPSA) is 53.1 Å². The van der Waals surface area contributed by atoms with E-state index in [0.29, 0.717) is 0 Å². The number of nitrogens with zero attached hydrogens (tertiary/aromatic N) is 3. The van der Waals surface area contributed by atoms with Gasteiger partial charge < -0.3 is 15.5 Å². The molecule has 1 aromatic carbocycles. The van der Waals surface area contributed by atoms with E-state index >= 15 is 0 Å². The fraction of sp³-hybridized carbons (Fsp3) is 0.412. The van der Waals surface area contributed by atoms with Crippen molar-refractivity contribution in [2.45, 2.75) is 19.3 Å². The zero-order chi connectivity index (χ0) is 15.0. The Balaban J connectivity index is 1.41. The van der Waals surface area contributed by atoms with Crippen LogP contribution in [-0.2, 0) is 0 Å². The Morgan fingerprint density at radius 3 is 2.55 bits per heavy atom. The summed E-state index contributed by atoms with van der Waals surface area (Å²) in [4.78, 5) is 11.0. The molecule has 0 spiro atoms. The molecule has 2 aromatic rings. The molecule has 0 radical (unpaired) electrons. The largest absolute Gasteiger partial charge is 0.385 e. The first kappa shape index (κ1) is 14.6. The van der Waals surface area contributed by atoms with E-state index in [-0.39, 0.29) is 0 Å². The Hall–Kier alpha value is -2.30. The molecule has 5 nitrogen and oxygen atoms in total. The number of hydrogen-bond donors (Lipinski definition) is 2. The third-order valence-corrected chi connectivity index (χ3v) is 3.85. The summed E-state index contributed by atoms with van der Waals surface area (Å²) in [5.74, 6) is 1.95. The van der Waals surface area contributed by atoms with Crippen LogP contribution in [0.2, 0.25) is 0 Å². The average molecular weight is 297 g/mol. The second kappa shape index (κ2) is 7.64. The molecule has 1 aliphatic rings. The normalized spacial score (nSPS) is 14.1. The first-order valence-electron chi connectivity index (χ1n) is 8.01. The first-order valence-corrected chi connectivity index (χ1v) is 8.01. The van der Waals surface area contributed by atoms with Gasteiger partial charge in [0.25, 0.3) is 0 Å². The zero-order valence-electron chi connectivity index (χ0n) is 12.8. The molecule has 1 fully saturated rings. The number of para-hydroxylation sites is 1. The molecule has 1 aromatic heterocycles. The lowest BCUT2D eigenvalue weighted by atomic mass is 10.3. The van der Waals surface area contributed by atoms with Crippen LogP contribution in [0.5, 0.6) is 0 Å². The highest BCUT2D eigenvalue weighted by atomic mass is 15.2. The Kier molecular flexibility index (Phi) is 5.08. The highest BCUT2D eigenvalue weighted by Crippen LogP contribution is 2.19. The summed E-state index contributed by atoms with van der Waals surface area (Å²) in [5.41, 5.74) is 1.17. The molecule has 2 heterocycles. The van der Waals surface area contributed by atoms with Gasteiger partial charge in [-0.15, -0.1) is 0 Å². The molecule has 5 heteroatoms. The van der Waals surface area contributed by atoms with Crippen molar-refractivity contribution >= 4 is 17.3 Å². The van der Waals surface area contributed by atoms with Crippen molar-refractivity contribution in [3.63, 3.8) is 0 Å². The van der Waals surface area contributed by atoms with Gasteiger partial charge in [-0.2, -0.15) is 0 Å². The molecule has 1 aliphatic heterocycles. The Morgan fingerprint density at radius 2 is 1.73 bits per heavy atom. The van der Waals surface area contributed by atoms with Gasteiger partial charge in [-0.05, 0) is 31.4 Å². The zero-order valence-corrected chi connectivity index (χ0v) is 12.8. The summed E-state index contributed by atoms with van der Waals surface area (Å²) >= 11 is 0. The van der Waals surface area contributed by atoms with Gasteiger partial charge in [0.2, 0.25) is 0 Å². The smallest absolute Gasteiger partial charge is 0.134 e. The Bertz CT molecular complexity index is 566. The number of anilines is 3. The quantitative estimate of drug-likeness (QED) is 0.770.